The van der Waals surface area contributed by atoms with Crippen LogP contribution in [-0.2, 0) is 6.54 Å². The average Bonchev–Trinajstić information content (AvgIpc) is 3.16. The molecule has 1 saturated heterocycles. The fourth-order valence-electron chi connectivity index (χ4n) is 3.92. The molecule has 0 bridgehead atoms. The van der Waals surface area contributed by atoms with E-state index in [2.05, 4.69) is 39.6 Å². The fourth-order valence-corrected chi connectivity index (χ4v) is 3.92. The van der Waals surface area contributed by atoms with Crippen LogP contribution >= 0.6 is 0 Å². The van der Waals surface area contributed by atoms with Gasteiger partial charge in [0, 0.05) is 37.9 Å². The molecule has 0 spiro atoms. The normalized spacial score (nSPS) is 17.7. The maximum absolute atomic E-state index is 4.84. The Balaban J connectivity index is 1.49. The molecular weight excluding hydrogens is 336 g/mol. The smallest absolute Gasteiger partial charge is 0.147 e. The summed E-state index contributed by atoms with van der Waals surface area (Å²) in [5.74, 6) is 2.64. The molecule has 0 aliphatic carbocycles. The van der Waals surface area contributed by atoms with Gasteiger partial charge in [-0.25, -0.2) is 9.97 Å². The Morgan fingerprint density at radius 1 is 1.15 bits per heavy atom. The third-order valence-electron chi connectivity index (χ3n) is 5.30. The maximum atomic E-state index is 4.84. The highest BCUT2D eigenvalue weighted by atomic mass is 15.2. The lowest BCUT2D eigenvalue weighted by Gasteiger charge is -2.33. The van der Waals surface area contributed by atoms with Crippen LogP contribution in [0.15, 0.2) is 42.9 Å². The van der Waals surface area contributed by atoms with Gasteiger partial charge in [-0.2, -0.15) is 0 Å². The third-order valence-corrected chi connectivity index (χ3v) is 5.30. The summed E-state index contributed by atoms with van der Waals surface area (Å²) < 4.78 is 2.34. The summed E-state index contributed by atoms with van der Waals surface area (Å²) in [6.07, 6.45) is 9.46. The zero-order valence-corrected chi connectivity index (χ0v) is 16.3. The van der Waals surface area contributed by atoms with E-state index in [4.69, 9.17) is 9.97 Å². The summed E-state index contributed by atoms with van der Waals surface area (Å²) in [5, 5.41) is 0. The summed E-state index contributed by atoms with van der Waals surface area (Å²) in [6, 6.07) is 8.06. The van der Waals surface area contributed by atoms with E-state index in [0.717, 1.165) is 55.9 Å². The molecule has 1 unspecified atom stereocenters. The summed E-state index contributed by atoms with van der Waals surface area (Å²) in [5.41, 5.74) is 1.91. The van der Waals surface area contributed by atoms with E-state index in [1.165, 1.54) is 12.2 Å². The van der Waals surface area contributed by atoms with Crippen molar-refractivity contribution in [3.05, 3.63) is 48.7 Å². The van der Waals surface area contributed by atoms with Crippen molar-refractivity contribution >= 4 is 16.9 Å². The molecule has 0 N–H and O–H groups in total. The van der Waals surface area contributed by atoms with Gasteiger partial charge in [0.05, 0.1) is 17.2 Å². The predicted molar refractivity (Wildman–Crippen MR) is 109 cm³/mol. The van der Waals surface area contributed by atoms with Gasteiger partial charge in [0.2, 0.25) is 0 Å². The fraction of sp³-hybridized carbons (Fsp3) is 0.476. The van der Waals surface area contributed by atoms with Gasteiger partial charge in [-0.1, -0.05) is 12.1 Å². The predicted octanol–water partition coefficient (Wildman–Crippen LogP) is 3.16. The number of aromatic nitrogens is 4. The molecule has 3 aromatic rings. The van der Waals surface area contributed by atoms with E-state index >= 15 is 0 Å². The third kappa shape index (κ3) is 4.11. The van der Waals surface area contributed by atoms with Crippen LogP contribution in [0.25, 0.3) is 11.0 Å². The van der Waals surface area contributed by atoms with Crippen molar-refractivity contribution in [1.82, 2.24) is 24.4 Å². The van der Waals surface area contributed by atoms with Crippen LogP contribution in [0.5, 0.6) is 0 Å². The summed E-state index contributed by atoms with van der Waals surface area (Å²) >= 11 is 0. The molecule has 1 aliphatic rings. The number of imidazole rings is 1. The lowest BCUT2D eigenvalue weighted by molar-refractivity contribution is 0.380. The lowest BCUT2D eigenvalue weighted by Crippen LogP contribution is -2.36. The zero-order valence-electron chi connectivity index (χ0n) is 16.3. The second-order valence-corrected chi connectivity index (χ2v) is 7.64. The number of hydrogen-bond acceptors (Lipinski definition) is 5. The minimum atomic E-state index is 0.446. The first-order chi connectivity index (χ1) is 13.2. The molecule has 0 saturated carbocycles. The number of fused-ring (bicyclic) bond motifs is 1. The molecule has 6 nitrogen and oxygen atoms in total. The first-order valence-corrected chi connectivity index (χ1v) is 9.83. The lowest BCUT2D eigenvalue weighted by atomic mass is 9.97. The molecule has 27 heavy (non-hydrogen) atoms. The monoisotopic (exact) mass is 364 g/mol. The number of anilines is 1. The number of hydrogen-bond donors (Lipinski definition) is 0. The molecule has 1 fully saturated rings. The average molecular weight is 364 g/mol. The Morgan fingerprint density at radius 2 is 2.00 bits per heavy atom. The Labute approximate surface area is 160 Å². The van der Waals surface area contributed by atoms with Crippen molar-refractivity contribution in [3.8, 4) is 0 Å². The van der Waals surface area contributed by atoms with Crippen molar-refractivity contribution in [3.63, 3.8) is 0 Å². The molecule has 4 rings (SSSR count). The second-order valence-electron chi connectivity index (χ2n) is 7.64. The molecular formula is C21H28N6. The summed E-state index contributed by atoms with van der Waals surface area (Å²) in [4.78, 5) is 18.7. The number of para-hydroxylation sites is 2. The largest absolute Gasteiger partial charge is 0.355 e. The molecule has 1 aliphatic heterocycles. The molecule has 3 heterocycles. The topological polar surface area (TPSA) is 50.1 Å². The van der Waals surface area contributed by atoms with Crippen molar-refractivity contribution in [2.75, 3.05) is 38.6 Å². The number of aryl methyl sites for hydroxylation is 1. The van der Waals surface area contributed by atoms with Gasteiger partial charge in [0.1, 0.15) is 11.6 Å². The van der Waals surface area contributed by atoms with E-state index in [0.29, 0.717) is 5.92 Å². The molecule has 0 radical (unpaired) electrons. The van der Waals surface area contributed by atoms with Gasteiger partial charge in [-0.15, -0.1) is 0 Å². The highest BCUT2D eigenvalue weighted by Gasteiger charge is 2.25. The standard InChI is InChI=1S/C21H28N6/c1-25(2)11-6-13-26-14-10-22-21(26)17-7-5-12-27(16-17)20-15-23-18-8-3-4-9-19(18)24-20/h3-4,8-10,14-15,17H,5-7,11-13,16H2,1-2H3. The summed E-state index contributed by atoms with van der Waals surface area (Å²) in [7, 11) is 4.25. The van der Waals surface area contributed by atoms with Crippen molar-refractivity contribution in [2.45, 2.75) is 31.7 Å². The van der Waals surface area contributed by atoms with Crippen LogP contribution in [0.3, 0.4) is 0 Å². The Hall–Kier alpha value is -2.47. The first-order valence-electron chi connectivity index (χ1n) is 9.83. The van der Waals surface area contributed by atoms with Gasteiger partial charge < -0.3 is 14.4 Å². The Morgan fingerprint density at radius 3 is 2.85 bits per heavy atom. The van der Waals surface area contributed by atoms with Gasteiger partial charge in [-0.05, 0) is 52.0 Å². The van der Waals surface area contributed by atoms with Gasteiger partial charge in [0.25, 0.3) is 0 Å². The maximum Gasteiger partial charge on any atom is 0.147 e. The second kappa shape index (κ2) is 8.05. The van der Waals surface area contributed by atoms with Gasteiger partial charge >= 0.3 is 0 Å². The summed E-state index contributed by atoms with van der Waals surface area (Å²) in [6.45, 7) is 4.11. The van der Waals surface area contributed by atoms with E-state index < -0.39 is 0 Å². The highest BCUT2D eigenvalue weighted by molar-refractivity contribution is 5.75. The van der Waals surface area contributed by atoms with Crippen LogP contribution in [0.1, 0.15) is 31.0 Å². The molecule has 1 aromatic carbocycles. The van der Waals surface area contributed by atoms with Crippen molar-refractivity contribution < 1.29 is 0 Å². The minimum absolute atomic E-state index is 0.446. The van der Waals surface area contributed by atoms with Crippen LogP contribution in [-0.4, -0.2) is 58.1 Å². The van der Waals surface area contributed by atoms with Gasteiger partial charge in [0.15, 0.2) is 0 Å². The quantitative estimate of drug-likeness (QED) is 0.672. The van der Waals surface area contributed by atoms with Crippen molar-refractivity contribution in [2.24, 2.45) is 0 Å². The molecule has 0 amide bonds. The molecule has 142 valence electrons. The number of nitrogens with zero attached hydrogens (tertiary/aromatic N) is 6. The van der Waals surface area contributed by atoms with Crippen LogP contribution in [0, 0.1) is 0 Å². The van der Waals surface area contributed by atoms with Crippen LogP contribution in [0.2, 0.25) is 0 Å². The molecule has 6 heteroatoms. The Kier molecular flexibility index (Phi) is 5.34. The van der Waals surface area contributed by atoms with Gasteiger partial charge in [-0.3, -0.25) is 4.98 Å². The van der Waals surface area contributed by atoms with E-state index in [1.54, 1.807) is 0 Å². The molecule has 1 atom stereocenters. The highest BCUT2D eigenvalue weighted by Crippen LogP contribution is 2.29. The SMILES string of the molecule is CN(C)CCCn1ccnc1C1CCCN(c2cnc3ccccc3n2)C1. The van der Waals surface area contributed by atoms with E-state index in [1.807, 2.05) is 36.7 Å². The van der Waals surface area contributed by atoms with E-state index in [9.17, 15) is 0 Å². The zero-order chi connectivity index (χ0) is 18.6. The number of piperidine rings is 1. The van der Waals surface area contributed by atoms with E-state index in [-0.39, 0.29) is 0 Å². The molecule has 2 aromatic heterocycles. The number of rotatable bonds is 6. The first kappa shape index (κ1) is 17.9. The number of benzene rings is 1. The van der Waals surface area contributed by atoms with Crippen LogP contribution in [0.4, 0.5) is 5.82 Å². The Bertz CT molecular complexity index is 887. The minimum Gasteiger partial charge on any atom is -0.355 e. The van der Waals surface area contributed by atoms with Crippen LogP contribution < -0.4 is 4.90 Å². The van der Waals surface area contributed by atoms with Crippen molar-refractivity contribution in [1.29, 1.82) is 0 Å².